The molecule has 1 fully saturated rings. The van der Waals surface area contributed by atoms with Gasteiger partial charge in [-0.2, -0.15) is 0 Å². The van der Waals surface area contributed by atoms with Gasteiger partial charge >= 0.3 is 0 Å². The van der Waals surface area contributed by atoms with E-state index in [1.54, 1.807) is 0 Å². The number of H-pyrrole nitrogens is 1. The standard InChI is InChI=1S/C19H26N2O2/c1-11-6-12(2)18-17(7-11)20-15(5)16(19(18)22)10-21-8-13(3)23-14(4)9-21/h6-7,13-14H,8-10H2,1-5H3,(H,20,22)/t13-,14-/m1/s1. The number of hydrogen-bond donors (Lipinski definition) is 1. The van der Waals surface area contributed by atoms with Crippen molar-refractivity contribution in [2.75, 3.05) is 13.1 Å². The van der Waals surface area contributed by atoms with Crippen LogP contribution in [0.25, 0.3) is 10.9 Å². The Morgan fingerprint density at radius 3 is 2.48 bits per heavy atom. The van der Waals surface area contributed by atoms with Crippen molar-refractivity contribution in [2.45, 2.75) is 53.4 Å². The third-order valence-corrected chi connectivity index (χ3v) is 4.63. The number of rotatable bonds is 2. The van der Waals surface area contributed by atoms with Crippen molar-refractivity contribution in [1.29, 1.82) is 0 Å². The Bertz CT molecular complexity index is 784. The molecule has 0 unspecified atom stereocenters. The fourth-order valence-electron chi connectivity index (χ4n) is 3.79. The highest BCUT2D eigenvalue weighted by Crippen LogP contribution is 2.20. The lowest BCUT2D eigenvalue weighted by atomic mass is 10.0. The Labute approximate surface area is 137 Å². The Morgan fingerprint density at radius 2 is 1.83 bits per heavy atom. The number of pyridine rings is 1. The van der Waals surface area contributed by atoms with Crippen LogP contribution in [-0.2, 0) is 11.3 Å². The fourth-order valence-corrected chi connectivity index (χ4v) is 3.79. The molecule has 4 heteroatoms. The maximum Gasteiger partial charge on any atom is 0.194 e. The molecule has 2 aromatic rings. The fraction of sp³-hybridized carbons (Fsp3) is 0.526. The van der Waals surface area contributed by atoms with E-state index in [1.165, 1.54) is 5.56 Å². The average Bonchev–Trinajstić information content (AvgIpc) is 2.41. The first-order valence-corrected chi connectivity index (χ1v) is 8.35. The first kappa shape index (κ1) is 16.2. The Hall–Kier alpha value is -1.65. The van der Waals surface area contributed by atoms with Crippen LogP contribution in [0.5, 0.6) is 0 Å². The van der Waals surface area contributed by atoms with Gasteiger partial charge in [0.1, 0.15) is 0 Å². The molecule has 4 nitrogen and oxygen atoms in total. The SMILES string of the molecule is Cc1cc(C)c2c(=O)c(CN3C[C@@H](C)O[C@H](C)C3)c(C)[nH]c2c1. The number of benzene rings is 1. The normalized spacial score (nSPS) is 22.7. The zero-order chi connectivity index (χ0) is 16.7. The van der Waals surface area contributed by atoms with Gasteiger partial charge in [-0.05, 0) is 51.8 Å². The molecule has 0 saturated carbocycles. The molecular weight excluding hydrogens is 288 g/mol. The van der Waals surface area contributed by atoms with Gasteiger partial charge in [0.05, 0.1) is 17.7 Å². The molecule has 0 aliphatic carbocycles. The molecule has 23 heavy (non-hydrogen) atoms. The third kappa shape index (κ3) is 3.19. The maximum atomic E-state index is 13.0. The van der Waals surface area contributed by atoms with Crippen LogP contribution in [0, 0.1) is 20.8 Å². The van der Waals surface area contributed by atoms with Gasteiger partial charge in [0.15, 0.2) is 5.43 Å². The minimum atomic E-state index is 0.167. The summed E-state index contributed by atoms with van der Waals surface area (Å²) in [6.07, 6.45) is 0.422. The van der Waals surface area contributed by atoms with E-state index in [2.05, 4.69) is 42.8 Å². The lowest BCUT2D eigenvalue weighted by Gasteiger charge is -2.35. The molecule has 1 N–H and O–H groups in total. The van der Waals surface area contributed by atoms with E-state index in [1.807, 2.05) is 13.8 Å². The number of nitrogens with one attached hydrogen (secondary N) is 1. The van der Waals surface area contributed by atoms with E-state index < -0.39 is 0 Å². The summed E-state index contributed by atoms with van der Waals surface area (Å²) in [5.41, 5.74) is 5.18. The van der Waals surface area contributed by atoms with E-state index in [-0.39, 0.29) is 17.6 Å². The second-order valence-corrected chi connectivity index (χ2v) is 7.01. The number of nitrogens with zero attached hydrogens (tertiary/aromatic N) is 1. The topological polar surface area (TPSA) is 45.3 Å². The van der Waals surface area contributed by atoms with Crippen molar-refractivity contribution in [3.63, 3.8) is 0 Å². The summed E-state index contributed by atoms with van der Waals surface area (Å²) in [6.45, 7) is 12.7. The summed E-state index contributed by atoms with van der Waals surface area (Å²) in [6, 6.07) is 4.13. The number of hydrogen-bond acceptors (Lipinski definition) is 3. The smallest absolute Gasteiger partial charge is 0.194 e. The van der Waals surface area contributed by atoms with E-state index in [9.17, 15) is 4.79 Å². The molecule has 2 atom stereocenters. The highest BCUT2D eigenvalue weighted by molar-refractivity contribution is 5.83. The number of aromatic nitrogens is 1. The van der Waals surface area contributed by atoms with E-state index >= 15 is 0 Å². The average molecular weight is 314 g/mol. The lowest BCUT2D eigenvalue weighted by Crippen LogP contribution is -2.45. The van der Waals surface area contributed by atoms with Crippen LogP contribution in [0.3, 0.4) is 0 Å². The van der Waals surface area contributed by atoms with Gasteiger partial charge in [0.25, 0.3) is 0 Å². The lowest BCUT2D eigenvalue weighted by molar-refractivity contribution is -0.0706. The Kier molecular flexibility index (Phi) is 4.30. The molecule has 3 rings (SSSR count). The molecule has 1 saturated heterocycles. The number of aryl methyl sites for hydroxylation is 3. The van der Waals surface area contributed by atoms with E-state index in [0.717, 1.165) is 40.8 Å². The first-order chi connectivity index (χ1) is 10.8. The number of morpholine rings is 1. The molecule has 0 bridgehead atoms. The molecule has 1 aromatic heterocycles. The zero-order valence-corrected chi connectivity index (χ0v) is 14.7. The molecule has 1 aliphatic rings. The van der Waals surface area contributed by atoms with Crippen LogP contribution in [0.2, 0.25) is 0 Å². The monoisotopic (exact) mass is 314 g/mol. The summed E-state index contributed by atoms with van der Waals surface area (Å²) in [5, 5.41) is 0.825. The van der Waals surface area contributed by atoms with Gasteiger partial charge in [0.2, 0.25) is 0 Å². The quantitative estimate of drug-likeness (QED) is 0.926. The van der Waals surface area contributed by atoms with Crippen molar-refractivity contribution in [1.82, 2.24) is 9.88 Å². The van der Waals surface area contributed by atoms with Crippen molar-refractivity contribution in [2.24, 2.45) is 0 Å². The molecule has 124 valence electrons. The predicted octanol–water partition coefficient (Wildman–Crippen LogP) is 3.06. The molecule has 1 aromatic carbocycles. The van der Waals surface area contributed by atoms with Crippen molar-refractivity contribution < 1.29 is 4.74 Å². The van der Waals surface area contributed by atoms with Gasteiger partial charge < -0.3 is 9.72 Å². The Morgan fingerprint density at radius 1 is 1.17 bits per heavy atom. The van der Waals surface area contributed by atoms with Crippen molar-refractivity contribution in [3.8, 4) is 0 Å². The van der Waals surface area contributed by atoms with Crippen molar-refractivity contribution in [3.05, 3.63) is 44.7 Å². The van der Waals surface area contributed by atoms with Gasteiger partial charge in [-0.1, -0.05) is 6.07 Å². The van der Waals surface area contributed by atoms with E-state index in [4.69, 9.17) is 4.74 Å². The van der Waals surface area contributed by atoms with Crippen LogP contribution in [0.15, 0.2) is 16.9 Å². The first-order valence-electron chi connectivity index (χ1n) is 8.35. The summed E-state index contributed by atoms with van der Waals surface area (Å²) in [7, 11) is 0. The minimum absolute atomic E-state index is 0.167. The molecular formula is C19H26N2O2. The van der Waals surface area contributed by atoms with Gasteiger partial charge in [0, 0.05) is 36.3 Å². The van der Waals surface area contributed by atoms with Gasteiger partial charge in [-0.3, -0.25) is 9.69 Å². The van der Waals surface area contributed by atoms with Crippen LogP contribution in [0.1, 0.15) is 36.2 Å². The van der Waals surface area contributed by atoms with Crippen LogP contribution >= 0.6 is 0 Å². The number of aromatic amines is 1. The highest BCUT2D eigenvalue weighted by atomic mass is 16.5. The van der Waals surface area contributed by atoms with Crippen LogP contribution in [0.4, 0.5) is 0 Å². The third-order valence-electron chi connectivity index (χ3n) is 4.63. The maximum absolute atomic E-state index is 13.0. The summed E-state index contributed by atoms with van der Waals surface area (Å²) in [4.78, 5) is 18.8. The van der Waals surface area contributed by atoms with Crippen molar-refractivity contribution >= 4 is 10.9 Å². The molecule has 0 radical (unpaired) electrons. The molecule has 0 spiro atoms. The van der Waals surface area contributed by atoms with Crippen LogP contribution < -0.4 is 5.43 Å². The summed E-state index contributed by atoms with van der Waals surface area (Å²) < 4.78 is 5.79. The second kappa shape index (κ2) is 6.10. The molecule has 1 aliphatic heterocycles. The zero-order valence-electron chi connectivity index (χ0n) is 14.7. The largest absolute Gasteiger partial charge is 0.373 e. The van der Waals surface area contributed by atoms with Gasteiger partial charge in [-0.15, -0.1) is 0 Å². The number of ether oxygens (including phenoxy) is 1. The summed E-state index contributed by atoms with van der Waals surface area (Å²) >= 11 is 0. The highest BCUT2D eigenvalue weighted by Gasteiger charge is 2.24. The number of fused-ring (bicyclic) bond motifs is 1. The van der Waals surface area contributed by atoms with Gasteiger partial charge in [-0.25, -0.2) is 0 Å². The van der Waals surface area contributed by atoms with Crippen LogP contribution in [-0.4, -0.2) is 35.2 Å². The second-order valence-electron chi connectivity index (χ2n) is 7.01. The Balaban J connectivity index is 2.03. The predicted molar refractivity (Wildman–Crippen MR) is 94.1 cm³/mol. The summed E-state index contributed by atoms with van der Waals surface area (Å²) in [5.74, 6) is 0. The minimum Gasteiger partial charge on any atom is -0.373 e. The molecule has 2 heterocycles. The molecule has 0 amide bonds. The van der Waals surface area contributed by atoms with E-state index in [0.29, 0.717) is 6.54 Å².